The molecule has 5 nitrogen and oxygen atoms in total. The van der Waals surface area contributed by atoms with Crippen LogP contribution in [0, 0.1) is 0 Å². The predicted molar refractivity (Wildman–Crippen MR) is 98.2 cm³/mol. The second-order valence-electron chi connectivity index (χ2n) is 6.61. The van der Waals surface area contributed by atoms with Gasteiger partial charge in [-0.2, -0.15) is 0 Å². The van der Waals surface area contributed by atoms with E-state index in [9.17, 15) is 9.59 Å². The molecule has 0 atom stereocenters. The summed E-state index contributed by atoms with van der Waals surface area (Å²) in [5.41, 5.74) is 2.00. The largest absolute Gasteiger partial charge is 0.422 e. The molecule has 3 rings (SSSR count). The predicted octanol–water partition coefficient (Wildman–Crippen LogP) is 4.19. The summed E-state index contributed by atoms with van der Waals surface area (Å²) in [7, 11) is 0. The van der Waals surface area contributed by atoms with Crippen molar-refractivity contribution in [3.8, 4) is 0 Å². The van der Waals surface area contributed by atoms with Gasteiger partial charge in [-0.15, -0.1) is 0 Å². The fourth-order valence-corrected chi connectivity index (χ4v) is 3.66. The van der Waals surface area contributed by atoms with Gasteiger partial charge < -0.3 is 9.64 Å². The molecule has 25 heavy (non-hydrogen) atoms. The molecule has 0 aromatic heterocycles. The SMILES string of the molecule is CCN(CC)c1ccc(/C=C2/OC(=O)N(C3CCCCC3)C2=O)cc1. The molecule has 2 fully saturated rings. The van der Waals surface area contributed by atoms with Gasteiger partial charge in [0.2, 0.25) is 0 Å². The van der Waals surface area contributed by atoms with E-state index in [0.717, 1.165) is 50.0 Å². The Bertz CT molecular complexity index is 656. The van der Waals surface area contributed by atoms with Gasteiger partial charge in [-0.25, -0.2) is 9.69 Å². The molecule has 134 valence electrons. The first-order valence-electron chi connectivity index (χ1n) is 9.26. The minimum absolute atomic E-state index is 0.00954. The lowest BCUT2D eigenvalue weighted by atomic mass is 9.94. The van der Waals surface area contributed by atoms with Crippen LogP contribution in [0.25, 0.3) is 6.08 Å². The van der Waals surface area contributed by atoms with Crippen LogP contribution in [0.15, 0.2) is 30.0 Å². The van der Waals surface area contributed by atoms with E-state index in [1.807, 2.05) is 24.3 Å². The van der Waals surface area contributed by atoms with Crippen LogP contribution >= 0.6 is 0 Å². The van der Waals surface area contributed by atoms with Crippen LogP contribution < -0.4 is 4.90 Å². The highest BCUT2D eigenvalue weighted by atomic mass is 16.6. The average molecular weight is 342 g/mol. The van der Waals surface area contributed by atoms with Gasteiger partial charge in [0.1, 0.15) is 0 Å². The van der Waals surface area contributed by atoms with Crippen molar-refractivity contribution >= 4 is 23.8 Å². The van der Waals surface area contributed by atoms with Gasteiger partial charge >= 0.3 is 6.09 Å². The third kappa shape index (κ3) is 3.70. The minimum Gasteiger partial charge on any atom is -0.404 e. The van der Waals surface area contributed by atoms with E-state index in [1.165, 1.54) is 11.3 Å². The van der Waals surface area contributed by atoms with E-state index >= 15 is 0 Å². The topological polar surface area (TPSA) is 49.9 Å². The first-order valence-corrected chi connectivity index (χ1v) is 9.26. The fourth-order valence-electron chi connectivity index (χ4n) is 3.66. The van der Waals surface area contributed by atoms with Crippen molar-refractivity contribution in [2.24, 2.45) is 0 Å². The van der Waals surface area contributed by atoms with Gasteiger partial charge in [0, 0.05) is 24.8 Å². The Hall–Kier alpha value is -2.30. The molecule has 1 saturated carbocycles. The Morgan fingerprint density at radius 3 is 2.32 bits per heavy atom. The number of imide groups is 1. The van der Waals surface area contributed by atoms with Crippen molar-refractivity contribution < 1.29 is 14.3 Å². The first kappa shape index (κ1) is 17.5. The second kappa shape index (κ2) is 7.72. The van der Waals surface area contributed by atoms with Crippen molar-refractivity contribution in [1.82, 2.24) is 4.90 Å². The quantitative estimate of drug-likeness (QED) is 0.753. The summed E-state index contributed by atoms with van der Waals surface area (Å²) in [5, 5.41) is 0. The Morgan fingerprint density at radius 2 is 1.72 bits per heavy atom. The van der Waals surface area contributed by atoms with Crippen LogP contribution in [-0.4, -0.2) is 36.0 Å². The zero-order chi connectivity index (χ0) is 17.8. The van der Waals surface area contributed by atoms with Crippen molar-refractivity contribution in [3.63, 3.8) is 0 Å². The summed E-state index contributed by atoms with van der Waals surface area (Å²) in [5.74, 6) is -0.170. The molecule has 1 aliphatic carbocycles. The van der Waals surface area contributed by atoms with Crippen LogP contribution in [0.1, 0.15) is 51.5 Å². The lowest BCUT2D eigenvalue weighted by molar-refractivity contribution is -0.125. The summed E-state index contributed by atoms with van der Waals surface area (Å²) < 4.78 is 5.25. The van der Waals surface area contributed by atoms with E-state index < -0.39 is 6.09 Å². The summed E-state index contributed by atoms with van der Waals surface area (Å²) in [6.07, 6.45) is 6.20. The Labute approximate surface area is 149 Å². The Kier molecular flexibility index (Phi) is 5.41. The molecule has 1 aliphatic heterocycles. The first-order chi connectivity index (χ1) is 12.1. The lowest BCUT2D eigenvalue weighted by Gasteiger charge is -2.27. The molecular formula is C20H26N2O3. The molecule has 1 aromatic carbocycles. The van der Waals surface area contributed by atoms with E-state index in [0.29, 0.717) is 0 Å². The highest BCUT2D eigenvalue weighted by molar-refractivity contribution is 6.10. The third-order valence-electron chi connectivity index (χ3n) is 5.08. The van der Waals surface area contributed by atoms with Gasteiger partial charge in [-0.3, -0.25) is 4.79 Å². The lowest BCUT2D eigenvalue weighted by Crippen LogP contribution is -2.40. The number of rotatable bonds is 5. The van der Waals surface area contributed by atoms with Gasteiger partial charge in [0.25, 0.3) is 5.91 Å². The van der Waals surface area contributed by atoms with E-state index in [2.05, 4.69) is 18.7 Å². The molecule has 0 spiro atoms. The number of cyclic esters (lactones) is 1. The third-order valence-corrected chi connectivity index (χ3v) is 5.08. The number of benzene rings is 1. The molecular weight excluding hydrogens is 316 g/mol. The maximum Gasteiger partial charge on any atom is 0.422 e. The Morgan fingerprint density at radius 1 is 1.08 bits per heavy atom. The summed E-state index contributed by atoms with van der Waals surface area (Å²) >= 11 is 0. The highest BCUT2D eigenvalue weighted by Crippen LogP contribution is 2.29. The number of anilines is 1. The zero-order valence-electron chi connectivity index (χ0n) is 15.0. The van der Waals surface area contributed by atoms with E-state index in [-0.39, 0.29) is 17.7 Å². The van der Waals surface area contributed by atoms with E-state index in [4.69, 9.17) is 4.74 Å². The molecule has 0 N–H and O–H groups in total. The number of hydrogen-bond donors (Lipinski definition) is 0. The smallest absolute Gasteiger partial charge is 0.404 e. The van der Waals surface area contributed by atoms with Crippen molar-refractivity contribution in [1.29, 1.82) is 0 Å². The molecule has 1 saturated heterocycles. The summed E-state index contributed by atoms with van der Waals surface area (Å²) in [6, 6.07) is 7.94. The maximum absolute atomic E-state index is 12.6. The average Bonchev–Trinajstić information content (AvgIpc) is 2.91. The monoisotopic (exact) mass is 342 g/mol. The second-order valence-corrected chi connectivity index (χ2v) is 6.61. The zero-order valence-corrected chi connectivity index (χ0v) is 15.0. The molecule has 5 heteroatoms. The molecule has 1 aromatic rings. The number of ether oxygens (including phenoxy) is 1. The number of carbonyl (C=O) groups excluding carboxylic acids is 2. The number of carbonyl (C=O) groups is 2. The standard InChI is InChI=1S/C20H26N2O3/c1-3-21(4-2)16-12-10-15(11-13-16)14-18-19(23)22(20(24)25-18)17-8-6-5-7-9-17/h10-14,17H,3-9H2,1-2H3/b18-14+. The van der Waals surface area contributed by atoms with Crippen molar-refractivity contribution in [2.45, 2.75) is 52.0 Å². The fraction of sp³-hybridized carbons (Fsp3) is 0.500. The number of amides is 2. The van der Waals surface area contributed by atoms with Crippen LogP contribution in [-0.2, 0) is 9.53 Å². The normalized spacial score (nSPS) is 20.2. The minimum atomic E-state index is -0.525. The van der Waals surface area contributed by atoms with Crippen molar-refractivity contribution in [3.05, 3.63) is 35.6 Å². The van der Waals surface area contributed by atoms with Crippen molar-refractivity contribution in [2.75, 3.05) is 18.0 Å². The maximum atomic E-state index is 12.6. The molecule has 0 radical (unpaired) electrons. The Balaban J connectivity index is 1.75. The molecule has 1 heterocycles. The summed E-state index contributed by atoms with van der Waals surface area (Å²) in [4.78, 5) is 28.3. The van der Waals surface area contributed by atoms with E-state index in [1.54, 1.807) is 6.08 Å². The number of hydrogen-bond acceptors (Lipinski definition) is 4. The molecule has 0 bridgehead atoms. The van der Waals surface area contributed by atoms with Gasteiger partial charge in [0.05, 0.1) is 0 Å². The molecule has 2 aliphatic rings. The van der Waals surface area contributed by atoms with Crippen LogP contribution in [0.5, 0.6) is 0 Å². The number of nitrogens with zero attached hydrogens (tertiary/aromatic N) is 2. The molecule has 0 unspecified atom stereocenters. The highest BCUT2D eigenvalue weighted by Gasteiger charge is 2.41. The molecule has 2 amide bonds. The van der Waals surface area contributed by atoms with Gasteiger partial charge in [0.15, 0.2) is 5.76 Å². The van der Waals surface area contributed by atoms with Gasteiger partial charge in [-0.05, 0) is 50.5 Å². The summed E-state index contributed by atoms with van der Waals surface area (Å²) in [6.45, 7) is 6.14. The van der Waals surface area contributed by atoms with Crippen LogP contribution in [0.3, 0.4) is 0 Å². The van der Waals surface area contributed by atoms with Crippen LogP contribution in [0.2, 0.25) is 0 Å². The van der Waals surface area contributed by atoms with Crippen LogP contribution in [0.4, 0.5) is 10.5 Å². The van der Waals surface area contributed by atoms with Gasteiger partial charge in [-0.1, -0.05) is 31.4 Å².